The molecule has 0 aliphatic rings. The first-order chi connectivity index (χ1) is 9.70. The minimum Gasteiger partial charge on any atom is -0.465 e. The molecule has 2 N–H and O–H groups in total. The summed E-state index contributed by atoms with van der Waals surface area (Å²) in [5.74, 6) is 0.285. The van der Waals surface area contributed by atoms with Crippen LogP contribution in [0, 0.1) is 0 Å². The maximum Gasteiger partial charge on any atom is 0.343 e. The number of carbonyl (C=O) groups excluding carboxylic acids is 1. The van der Waals surface area contributed by atoms with Crippen molar-refractivity contribution >= 4 is 17.6 Å². The van der Waals surface area contributed by atoms with Gasteiger partial charge >= 0.3 is 5.97 Å². The van der Waals surface area contributed by atoms with Gasteiger partial charge in [0.25, 0.3) is 5.78 Å². The van der Waals surface area contributed by atoms with E-state index in [1.54, 1.807) is 18.5 Å². The number of fused-ring (bicyclic) bond motifs is 1. The molecular weight excluding hydrogens is 260 g/mol. The van der Waals surface area contributed by atoms with Crippen LogP contribution in [0.25, 0.3) is 17.2 Å². The van der Waals surface area contributed by atoms with Crippen LogP contribution in [0.15, 0.2) is 30.7 Å². The van der Waals surface area contributed by atoms with Crippen molar-refractivity contribution in [3.05, 3.63) is 36.3 Å². The van der Waals surface area contributed by atoms with Crippen LogP contribution in [-0.2, 0) is 4.74 Å². The van der Waals surface area contributed by atoms with Gasteiger partial charge in [-0.1, -0.05) is 0 Å². The number of nitrogens with two attached hydrogens (primary N) is 1. The molecule has 0 amide bonds. The molecule has 0 atom stereocenters. The lowest BCUT2D eigenvalue weighted by Gasteiger charge is -2.03. The molecule has 3 aromatic heterocycles. The van der Waals surface area contributed by atoms with Crippen molar-refractivity contribution in [1.82, 2.24) is 24.6 Å². The quantitative estimate of drug-likeness (QED) is 0.677. The fourth-order valence-corrected chi connectivity index (χ4v) is 1.74. The van der Waals surface area contributed by atoms with Gasteiger partial charge in [0.1, 0.15) is 11.4 Å². The van der Waals surface area contributed by atoms with Gasteiger partial charge in [-0.25, -0.2) is 9.78 Å². The molecule has 3 rings (SSSR count). The Bertz CT molecular complexity index is 783. The van der Waals surface area contributed by atoms with E-state index in [2.05, 4.69) is 24.8 Å². The third-order valence-electron chi connectivity index (χ3n) is 2.73. The minimum atomic E-state index is -0.574. The van der Waals surface area contributed by atoms with Gasteiger partial charge in [0, 0.05) is 24.2 Å². The molecule has 20 heavy (non-hydrogen) atoms. The Balaban J connectivity index is 2.17. The normalized spacial score (nSPS) is 10.7. The highest BCUT2D eigenvalue weighted by molar-refractivity contribution is 5.94. The second-order valence-electron chi connectivity index (χ2n) is 3.94. The molecule has 0 unspecified atom stereocenters. The molecule has 0 bridgehead atoms. The number of hydrogen-bond acceptors (Lipinski definition) is 7. The zero-order valence-corrected chi connectivity index (χ0v) is 10.5. The summed E-state index contributed by atoms with van der Waals surface area (Å²) in [5, 5.41) is 4.23. The Labute approximate surface area is 113 Å². The van der Waals surface area contributed by atoms with E-state index in [9.17, 15) is 4.79 Å². The van der Waals surface area contributed by atoms with E-state index in [0.717, 1.165) is 5.56 Å². The number of ether oxygens (including phenoxy) is 1. The summed E-state index contributed by atoms with van der Waals surface area (Å²) in [6.45, 7) is 0. The predicted molar refractivity (Wildman–Crippen MR) is 69.8 cm³/mol. The van der Waals surface area contributed by atoms with Gasteiger partial charge in [-0.3, -0.25) is 4.98 Å². The zero-order valence-electron chi connectivity index (χ0n) is 10.5. The van der Waals surface area contributed by atoms with Crippen LogP contribution < -0.4 is 5.73 Å². The van der Waals surface area contributed by atoms with Crippen molar-refractivity contribution in [3.8, 4) is 11.4 Å². The van der Waals surface area contributed by atoms with Crippen molar-refractivity contribution in [2.75, 3.05) is 12.8 Å². The average Bonchev–Trinajstić information content (AvgIpc) is 2.93. The Kier molecular flexibility index (Phi) is 2.75. The average molecular weight is 270 g/mol. The van der Waals surface area contributed by atoms with Crippen LogP contribution in [-0.4, -0.2) is 37.6 Å². The van der Waals surface area contributed by atoms with Crippen LogP contribution in [0.1, 0.15) is 10.4 Å². The SMILES string of the molecule is COC(=O)c1cnc2nc(-c3cccnc3)nn2c1N. The first-order valence-electron chi connectivity index (χ1n) is 5.70. The van der Waals surface area contributed by atoms with Gasteiger partial charge in [-0.2, -0.15) is 9.50 Å². The molecule has 0 fully saturated rings. The number of nitrogen functional groups attached to an aromatic ring is 1. The topological polar surface area (TPSA) is 108 Å². The van der Waals surface area contributed by atoms with Crippen molar-refractivity contribution in [2.24, 2.45) is 0 Å². The fraction of sp³-hybridized carbons (Fsp3) is 0.0833. The number of nitrogens with zero attached hydrogens (tertiary/aromatic N) is 5. The monoisotopic (exact) mass is 270 g/mol. The Morgan fingerprint density at radius 1 is 1.40 bits per heavy atom. The molecule has 0 aliphatic carbocycles. The van der Waals surface area contributed by atoms with E-state index >= 15 is 0 Å². The summed E-state index contributed by atoms with van der Waals surface area (Å²) >= 11 is 0. The first-order valence-corrected chi connectivity index (χ1v) is 5.70. The van der Waals surface area contributed by atoms with Gasteiger partial charge in [0.15, 0.2) is 5.82 Å². The number of rotatable bonds is 2. The van der Waals surface area contributed by atoms with Crippen LogP contribution in [0.4, 0.5) is 5.82 Å². The molecule has 8 nitrogen and oxygen atoms in total. The molecule has 0 saturated heterocycles. The maximum absolute atomic E-state index is 11.5. The highest BCUT2D eigenvalue weighted by Gasteiger charge is 2.16. The van der Waals surface area contributed by atoms with E-state index in [1.807, 2.05) is 6.07 Å². The zero-order chi connectivity index (χ0) is 14.1. The van der Waals surface area contributed by atoms with Gasteiger partial charge in [-0.05, 0) is 12.1 Å². The second-order valence-corrected chi connectivity index (χ2v) is 3.94. The van der Waals surface area contributed by atoms with Gasteiger partial charge < -0.3 is 10.5 Å². The van der Waals surface area contributed by atoms with Crippen LogP contribution in [0.5, 0.6) is 0 Å². The molecule has 3 aromatic rings. The number of carbonyl (C=O) groups is 1. The number of esters is 1. The standard InChI is InChI=1S/C12H10N6O2/c1-20-11(19)8-6-15-12-16-10(17-18(12)9(8)13)7-3-2-4-14-5-7/h2-6H,13H2,1H3. The maximum atomic E-state index is 11.5. The van der Waals surface area contributed by atoms with Crippen molar-refractivity contribution in [3.63, 3.8) is 0 Å². The minimum absolute atomic E-state index is 0.129. The molecule has 8 heteroatoms. The number of pyridine rings is 1. The van der Waals surface area contributed by atoms with E-state index in [1.165, 1.54) is 17.8 Å². The summed E-state index contributed by atoms with van der Waals surface area (Å²) in [7, 11) is 1.27. The Morgan fingerprint density at radius 2 is 2.25 bits per heavy atom. The molecule has 3 heterocycles. The van der Waals surface area contributed by atoms with Crippen molar-refractivity contribution in [1.29, 1.82) is 0 Å². The van der Waals surface area contributed by atoms with E-state index in [-0.39, 0.29) is 11.4 Å². The molecule has 0 radical (unpaired) electrons. The van der Waals surface area contributed by atoms with Crippen molar-refractivity contribution in [2.45, 2.75) is 0 Å². The number of anilines is 1. The summed E-state index contributed by atoms with van der Waals surface area (Å²) in [4.78, 5) is 23.8. The van der Waals surface area contributed by atoms with E-state index in [4.69, 9.17) is 5.73 Å². The van der Waals surface area contributed by atoms with Gasteiger partial charge in [0.05, 0.1) is 7.11 Å². The molecular formula is C12H10N6O2. The lowest BCUT2D eigenvalue weighted by atomic mass is 10.3. The highest BCUT2D eigenvalue weighted by atomic mass is 16.5. The lowest BCUT2D eigenvalue weighted by Crippen LogP contribution is -2.11. The number of methoxy groups -OCH3 is 1. The number of aromatic nitrogens is 5. The largest absolute Gasteiger partial charge is 0.465 e. The summed E-state index contributed by atoms with van der Waals surface area (Å²) in [6.07, 6.45) is 4.60. The molecule has 0 aliphatic heterocycles. The number of hydrogen-bond donors (Lipinski definition) is 1. The lowest BCUT2D eigenvalue weighted by molar-refractivity contribution is 0.0601. The molecule has 0 spiro atoms. The smallest absolute Gasteiger partial charge is 0.343 e. The van der Waals surface area contributed by atoms with Gasteiger partial charge in [0.2, 0.25) is 0 Å². The Morgan fingerprint density at radius 3 is 2.95 bits per heavy atom. The molecule has 100 valence electrons. The predicted octanol–water partition coefficient (Wildman–Crippen LogP) is 0.555. The van der Waals surface area contributed by atoms with Crippen LogP contribution in [0.2, 0.25) is 0 Å². The Hall–Kier alpha value is -3.03. The summed E-state index contributed by atoms with van der Waals surface area (Å²) in [5.41, 5.74) is 6.77. The summed E-state index contributed by atoms with van der Waals surface area (Å²) < 4.78 is 5.93. The van der Waals surface area contributed by atoms with Crippen LogP contribution >= 0.6 is 0 Å². The van der Waals surface area contributed by atoms with E-state index < -0.39 is 5.97 Å². The fourth-order valence-electron chi connectivity index (χ4n) is 1.74. The first kappa shape index (κ1) is 12.0. The van der Waals surface area contributed by atoms with Gasteiger partial charge in [-0.15, -0.1) is 5.10 Å². The van der Waals surface area contributed by atoms with E-state index in [0.29, 0.717) is 11.6 Å². The third-order valence-corrected chi connectivity index (χ3v) is 2.73. The molecule has 0 aromatic carbocycles. The summed E-state index contributed by atoms with van der Waals surface area (Å²) in [6, 6.07) is 3.59. The second kappa shape index (κ2) is 4.57. The van der Waals surface area contributed by atoms with Crippen LogP contribution in [0.3, 0.4) is 0 Å². The highest BCUT2D eigenvalue weighted by Crippen LogP contribution is 2.17. The molecule has 0 saturated carbocycles. The third kappa shape index (κ3) is 1.83. The van der Waals surface area contributed by atoms with Crippen molar-refractivity contribution < 1.29 is 9.53 Å².